The first-order valence-corrected chi connectivity index (χ1v) is 6.37. The summed E-state index contributed by atoms with van der Waals surface area (Å²) in [6.45, 7) is 0. The van der Waals surface area contributed by atoms with Crippen LogP contribution in [0.15, 0.2) is 42.5 Å². The van der Waals surface area contributed by atoms with Gasteiger partial charge in [-0.1, -0.05) is 29.3 Å². The van der Waals surface area contributed by atoms with E-state index in [1.165, 1.54) is 6.07 Å². The average molecular weight is 306 g/mol. The molecule has 0 saturated carbocycles. The number of hydrogen-bond acceptors (Lipinski definition) is 2. The van der Waals surface area contributed by atoms with E-state index in [1.807, 2.05) is 6.07 Å². The summed E-state index contributed by atoms with van der Waals surface area (Å²) in [6.07, 6.45) is 0. The van der Waals surface area contributed by atoms with Crippen LogP contribution in [-0.4, -0.2) is 6.03 Å². The molecule has 0 saturated heterocycles. The van der Waals surface area contributed by atoms with E-state index < -0.39 is 6.03 Å². The molecule has 0 bridgehead atoms. The molecular formula is C14H9Cl2N3O. The molecule has 0 aliphatic carbocycles. The molecule has 20 heavy (non-hydrogen) atoms. The van der Waals surface area contributed by atoms with E-state index in [0.717, 1.165) is 0 Å². The molecule has 2 aromatic rings. The highest BCUT2D eigenvalue weighted by Crippen LogP contribution is 2.23. The standard InChI is InChI=1S/C14H9Cl2N3O/c15-10-2-1-3-11(7-10)18-14(20)19-13-6-9(8-17)4-5-12(13)16/h1-7H,(H2,18,19,20). The van der Waals surface area contributed by atoms with E-state index in [-0.39, 0.29) is 0 Å². The smallest absolute Gasteiger partial charge is 0.308 e. The number of amides is 2. The lowest BCUT2D eigenvalue weighted by atomic mass is 10.2. The minimum atomic E-state index is -0.468. The van der Waals surface area contributed by atoms with Crippen LogP contribution in [0.25, 0.3) is 0 Å². The summed E-state index contributed by atoms with van der Waals surface area (Å²) < 4.78 is 0. The minimum Gasteiger partial charge on any atom is -0.308 e. The molecule has 6 heteroatoms. The lowest BCUT2D eigenvalue weighted by molar-refractivity contribution is 0.262. The van der Waals surface area contributed by atoms with Crippen molar-refractivity contribution in [3.05, 3.63) is 58.1 Å². The fourth-order valence-corrected chi connectivity index (χ4v) is 1.90. The molecule has 0 spiro atoms. The van der Waals surface area contributed by atoms with Crippen LogP contribution in [0, 0.1) is 11.3 Å². The zero-order chi connectivity index (χ0) is 14.5. The second-order valence-corrected chi connectivity index (χ2v) is 4.74. The summed E-state index contributed by atoms with van der Waals surface area (Å²) in [5.74, 6) is 0. The molecule has 2 amide bonds. The largest absolute Gasteiger partial charge is 0.323 e. The number of carbonyl (C=O) groups is 1. The van der Waals surface area contributed by atoms with E-state index >= 15 is 0 Å². The van der Waals surface area contributed by atoms with Gasteiger partial charge in [0.2, 0.25) is 0 Å². The molecule has 0 heterocycles. The molecule has 2 N–H and O–H groups in total. The third-order valence-corrected chi connectivity index (χ3v) is 2.99. The number of hydrogen-bond donors (Lipinski definition) is 2. The van der Waals surface area contributed by atoms with Gasteiger partial charge in [0.05, 0.1) is 22.3 Å². The van der Waals surface area contributed by atoms with E-state index in [0.29, 0.717) is 27.0 Å². The Labute approximate surface area is 125 Å². The van der Waals surface area contributed by atoms with E-state index in [1.54, 1.807) is 36.4 Å². The Morgan fingerprint density at radius 3 is 2.60 bits per heavy atom. The summed E-state index contributed by atoms with van der Waals surface area (Å²) in [7, 11) is 0. The number of nitrogens with one attached hydrogen (secondary N) is 2. The highest BCUT2D eigenvalue weighted by Gasteiger charge is 2.07. The van der Waals surface area contributed by atoms with Crippen LogP contribution < -0.4 is 10.6 Å². The summed E-state index contributed by atoms with van der Waals surface area (Å²) in [4.78, 5) is 11.8. The SMILES string of the molecule is N#Cc1ccc(Cl)c(NC(=O)Nc2cccc(Cl)c2)c1. The number of nitrogens with zero attached hydrogens (tertiary/aromatic N) is 1. The molecule has 4 nitrogen and oxygen atoms in total. The maximum absolute atomic E-state index is 11.8. The van der Waals surface area contributed by atoms with Crippen LogP contribution in [0.1, 0.15) is 5.56 Å². The Hall–Kier alpha value is -2.22. The highest BCUT2D eigenvalue weighted by atomic mass is 35.5. The summed E-state index contributed by atoms with van der Waals surface area (Å²) >= 11 is 11.8. The number of nitriles is 1. The summed E-state index contributed by atoms with van der Waals surface area (Å²) in [6, 6.07) is 12.9. The average Bonchev–Trinajstić information content (AvgIpc) is 2.41. The van der Waals surface area contributed by atoms with Crippen molar-refractivity contribution in [2.75, 3.05) is 10.6 Å². The van der Waals surface area contributed by atoms with Gasteiger partial charge in [-0.15, -0.1) is 0 Å². The molecule has 0 fully saturated rings. The van der Waals surface area contributed by atoms with Gasteiger partial charge < -0.3 is 10.6 Å². The third kappa shape index (κ3) is 3.64. The van der Waals surface area contributed by atoms with Gasteiger partial charge >= 0.3 is 6.03 Å². The van der Waals surface area contributed by atoms with Gasteiger partial charge in [0.25, 0.3) is 0 Å². The number of carbonyl (C=O) groups excluding carboxylic acids is 1. The molecule has 0 radical (unpaired) electrons. The maximum atomic E-state index is 11.8. The predicted octanol–water partition coefficient (Wildman–Crippen LogP) is 4.51. The Bertz CT molecular complexity index is 695. The molecular weight excluding hydrogens is 297 g/mol. The van der Waals surface area contributed by atoms with Gasteiger partial charge in [-0.25, -0.2) is 4.79 Å². The fourth-order valence-electron chi connectivity index (χ4n) is 1.54. The van der Waals surface area contributed by atoms with E-state index in [9.17, 15) is 4.79 Å². The molecule has 2 rings (SSSR count). The van der Waals surface area contributed by atoms with Crippen LogP contribution in [0.3, 0.4) is 0 Å². The monoisotopic (exact) mass is 305 g/mol. The topological polar surface area (TPSA) is 64.9 Å². The van der Waals surface area contributed by atoms with Crippen molar-refractivity contribution in [2.45, 2.75) is 0 Å². The van der Waals surface area contributed by atoms with Crippen LogP contribution in [-0.2, 0) is 0 Å². The van der Waals surface area contributed by atoms with E-state index in [2.05, 4.69) is 10.6 Å². The second kappa shape index (κ2) is 6.29. The number of rotatable bonds is 2. The molecule has 0 atom stereocenters. The number of anilines is 2. The van der Waals surface area contributed by atoms with E-state index in [4.69, 9.17) is 28.5 Å². The first-order valence-electron chi connectivity index (χ1n) is 5.62. The van der Waals surface area contributed by atoms with Crippen molar-refractivity contribution >= 4 is 40.6 Å². The van der Waals surface area contributed by atoms with Crippen LogP contribution in [0.5, 0.6) is 0 Å². The molecule has 0 aromatic heterocycles. The Balaban J connectivity index is 2.10. The molecule has 2 aromatic carbocycles. The zero-order valence-electron chi connectivity index (χ0n) is 10.2. The quantitative estimate of drug-likeness (QED) is 0.857. The fraction of sp³-hybridized carbons (Fsp3) is 0. The van der Waals surface area contributed by atoms with Gasteiger partial charge in [0.15, 0.2) is 0 Å². The lowest BCUT2D eigenvalue weighted by Gasteiger charge is -2.09. The first-order chi connectivity index (χ1) is 9.58. The molecule has 0 unspecified atom stereocenters. The second-order valence-electron chi connectivity index (χ2n) is 3.90. The van der Waals surface area contributed by atoms with Gasteiger partial charge in [0.1, 0.15) is 0 Å². The van der Waals surface area contributed by atoms with Crippen LogP contribution in [0.2, 0.25) is 10.0 Å². The highest BCUT2D eigenvalue weighted by molar-refractivity contribution is 6.34. The Morgan fingerprint density at radius 2 is 1.90 bits per heavy atom. The minimum absolute atomic E-state index is 0.352. The van der Waals surface area contributed by atoms with Crippen molar-refractivity contribution in [3.63, 3.8) is 0 Å². The van der Waals surface area contributed by atoms with Crippen molar-refractivity contribution < 1.29 is 4.79 Å². The Morgan fingerprint density at radius 1 is 1.10 bits per heavy atom. The number of urea groups is 1. The van der Waals surface area contributed by atoms with Crippen LogP contribution >= 0.6 is 23.2 Å². The van der Waals surface area contributed by atoms with Gasteiger partial charge in [-0.3, -0.25) is 0 Å². The van der Waals surface area contributed by atoms with Gasteiger partial charge in [0, 0.05) is 10.7 Å². The Kier molecular flexibility index (Phi) is 4.46. The normalized spacial score (nSPS) is 9.65. The van der Waals surface area contributed by atoms with Crippen molar-refractivity contribution in [3.8, 4) is 6.07 Å². The number of benzene rings is 2. The molecule has 100 valence electrons. The lowest BCUT2D eigenvalue weighted by Crippen LogP contribution is -2.19. The van der Waals surface area contributed by atoms with Gasteiger partial charge in [-0.2, -0.15) is 5.26 Å². The molecule has 0 aliphatic heterocycles. The van der Waals surface area contributed by atoms with Crippen LogP contribution in [0.4, 0.5) is 16.2 Å². The van der Waals surface area contributed by atoms with Crippen molar-refractivity contribution in [1.29, 1.82) is 5.26 Å². The van der Waals surface area contributed by atoms with Crippen molar-refractivity contribution in [2.24, 2.45) is 0 Å². The van der Waals surface area contributed by atoms with Gasteiger partial charge in [-0.05, 0) is 36.4 Å². The third-order valence-electron chi connectivity index (χ3n) is 2.43. The molecule has 0 aliphatic rings. The maximum Gasteiger partial charge on any atom is 0.323 e. The number of halogens is 2. The predicted molar refractivity (Wildman–Crippen MR) is 80.3 cm³/mol. The first kappa shape index (κ1) is 14.2. The summed E-state index contributed by atoms with van der Waals surface area (Å²) in [5.41, 5.74) is 1.33. The zero-order valence-corrected chi connectivity index (χ0v) is 11.7. The van der Waals surface area contributed by atoms with Crippen molar-refractivity contribution in [1.82, 2.24) is 0 Å². The summed E-state index contributed by atoms with van der Waals surface area (Å²) in [5, 5.41) is 14.9.